The number of imidazole rings is 1. The number of aromatic nitrogens is 2. The molecule has 2 aromatic carbocycles. The van der Waals surface area contributed by atoms with E-state index < -0.39 is 0 Å². The quantitative estimate of drug-likeness (QED) is 0.483. The van der Waals surface area contributed by atoms with E-state index in [0.29, 0.717) is 31.7 Å². The van der Waals surface area contributed by atoms with Gasteiger partial charge in [0, 0.05) is 38.9 Å². The van der Waals surface area contributed by atoms with Crippen molar-refractivity contribution in [3.63, 3.8) is 0 Å². The number of hydrogen-bond donors (Lipinski definition) is 1. The molecule has 0 bridgehead atoms. The van der Waals surface area contributed by atoms with Gasteiger partial charge in [0.15, 0.2) is 0 Å². The monoisotopic (exact) mass is 478 g/mol. The van der Waals surface area contributed by atoms with Crippen molar-refractivity contribution in [2.24, 2.45) is 5.73 Å². The maximum atomic E-state index is 13.3. The summed E-state index contributed by atoms with van der Waals surface area (Å²) < 4.78 is 2.11. The molecule has 1 amide bonds. The molecule has 1 atom stereocenters. The van der Waals surface area contributed by atoms with Gasteiger partial charge in [-0.1, -0.05) is 42.5 Å². The number of nitrogens with two attached hydrogens (primary N) is 1. The zero-order chi connectivity index (χ0) is 23.0. The summed E-state index contributed by atoms with van der Waals surface area (Å²) >= 11 is 0. The SMILES string of the molecule is Cl.N#Cc1ccc(Cn2cncc2CN(CCCN)[C@H]2CCN(Cc3ccccc3)C2=O)cc1. The molecule has 0 radical (unpaired) electrons. The Bertz CT molecular complexity index is 1090. The van der Waals surface area contributed by atoms with Crippen LogP contribution in [0.1, 0.15) is 35.2 Å². The second-order valence-electron chi connectivity index (χ2n) is 8.48. The Kier molecular flexibility index (Phi) is 9.23. The van der Waals surface area contributed by atoms with E-state index in [1.165, 1.54) is 0 Å². The molecule has 4 rings (SSSR count). The minimum Gasteiger partial charge on any atom is -0.337 e. The van der Waals surface area contributed by atoms with Crippen LogP contribution < -0.4 is 5.73 Å². The third-order valence-electron chi connectivity index (χ3n) is 6.18. The molecule has 2 N–H and O–H groups in total. The van der Waals surface area contributed by atoms with Crippen molar-refractivity contribution >= 4 is 18.3 Å². The van der Waals surface area contributed by atoms with Crippen LogP contribution in [-0.4, -0.2) is 50.9 Å². The molecule has 0 spiro atoms. The minimum atomic E-state index is -0.140. The van der Waals surface area contributed by atoms with E-state index in [1.807, 2.05) is 59.9 Å². The first-order valence-corrected chi connectivity index (χ1v) is 11.4. The first kappa shape index (κ1) is 25.4. The highest BCUT2D eigenvalue weighted by molar-refractivity contribution is 5.85. The van der Waals surface area contributed by atoms with Crippen LogP contribution in [0.15, 0.2) is 67.1 Å². The Balaban J connectivity index is 0.00000324. The molecule has 0 unspecified atom stereocenters. The molecule has 178 valence electrons. The second-order valence-corrected chi connectivity index (χ2v) is 8.48. The molecular weight excluding hydrogens is 448 g/mol. The molecule has 3 aromatic rings. The van der Waals surface area contributed by atoms with E-state index in [1.54, 1.807) is 0 Å². The maximum Gasteiger partial charge on any atom is 0.240 e. The first-order valence-electron chi connectivity index (χ1n) is 11.4. The van der Waals surface area contributed by atoms with Crippen molar-refractivity contribution in [1.29, 1.82) is 5.26 Å². The lowest BCUT2D eigenvalue weighted by atomic mass is 10.1. The van der Waals surface area contributed by atoms with E-state index in [0.717, 1.165) is 42.8 Å². The third kappa shape index (κ3) is 6.23. The van der Waals surface area contributed by atoms with Crippen LogP contribution in [0.5, 0.6) is 0 Å². The molecule has 1 fully saturated rings. The van der Waals surface area contributed by atoms with Crippen LogP contribution >= 0.6 is 12.4 Å². The van der Waals surface area contributed by atoms with Gasteiger partial charge in [0.1, 0.15) is 0 Å². The minimum absolute atomic E-state index is 0. The van der Waals surface area contributed by atoms with Gasteiger partial charge in [0.2, 0.25) is 5.91 Å². The van der Waals surface area contributed by atoms with Gasteiger partial charge in [-0.25, -0.2) is 4.98 Å². The van der Waals surface area contributed by atoms with Crippen molar-refractivity contribution in [3.05, 3.63) is 89.5 Å². The molecule has 1 aliphatic rings. The number of likely N-dealkylation sites (tertiary alicyclic amines) is 1. The zero-order valence-corrected chi connectivity index (χ0v) is 20.0. The lowest BCUT2D eigenvalue weighted by Crippen LogP contribution is -2.42. The second kappa shape index (κ2) is 12.3. The summed E-state index contributed by atoms with van der Waals surface area (Å²) in [6.07, 6.45) is 5.36. The third-order valence-corrected chi connectivity index (χ3v) is 6.18. The summed E-state index contributed by atoms with van der Waals surface area (Å²) in [6.45, 7) is 4.10. The topological polar surface area (TPSA) is 91.2 Å². The van der Waals surface area contributed by atoms with Gasteiger partial charge in [-0.05, 0) is 42.6 Å². The van der Waals surface area contributed by atoms with E-state index in [4.69, 9.17) is 11.0 Å². The average Bonchev–Trinajstić information content (AvgIpc) is 3.44. The van der Waals surface area contributed by atoms with Gasteiger partial charge < -0.3 is 15.2 Å². The number of nitrogens with zero attached hydrogens (tertiary/aromatic N) is 5. The van der Waals surface area contributed by atoms with E-state index >= 15 is 0 Å². The van der Waals surface area contributed by atoms with Gasteiger partial charge in [0.25, 0.3) is 0 Å². The molecular formula is C26H31ClN6O. The molecule has 1 saturated heterocycles. The Hall–Kier alpha value is -3.18. The van der Waals surface area contributed by atoms with Gasteiger partial charge in [-0.2, -0.15) is 5.26 Å². The van der Waals surface area contributed by atoms with Crippen molar-refractivity contribution in [3.8, 4) is 6.07 Å². The number of amides is 1. The van der Waals surface area contributed by atoms with Crippen LogP contribution in [0.4, 0.5) is 0 Å². The molecule has 0 saturated carbocycles. The molecule has 8 heteroatoms. The predicted molar refractivity (Wildman–Crippen MR) is 134 cm³/mol. The summed E-state index contributed by atoms with van der Waals surface area (Å²) in [5.41, 5.74) is 9.78. The molecule has 34 heavy (non-hydrogen) atoms. The normalized spacial score (nSPS) is 15.4. The summed E-state index contributed by atoms with van der Waals surface area (Å²) in [6, 6.07) is 19.8. The van der Waals surface area contributed by atoms with E-state index in [9.17, 15) is 4.79 Å². The number of nitriles is 1. The Morgan fingerprint density at radius 1 is 1.09 bits per heavy atom. The van der Waals surface area contributed by atoms with Crippen LogP contribution in [0.3, 0.4) is 0 Å². The van der Waals surface area contributed by atoms with Crippen LogP contribution in [0.2, 0.25) is 0 Å². The predicted octanol–water partition coefficient (Wildman–Crippen LogP) is 3.18. The first-order chi connectivity index (χ1) is 16.2. The van der Waals surface area contributed by atoms with Crippen molar-refractivity contribution in [1.82, 2.24) is 19.4 Å². The largest absolute Gasteiger partial charge is 0.337 e. The highest BCUT2D eigenvalue weighted by atomic mass is 35.5. The van der Waals surface area contributed by atoms with Crippen molar-refractivity contribution < 1.29 is 4.79 Å². The smallest absolute Gasteiger partial charge is 0.240 e. The summed E-state index contributed by atoms with van der Waals surface area (Å²) in [5.74, 6) is 0.189. The summed E-state index contributed by atoms with van der Waals surface area (Å²) in [5, 5.41) is 9.02. The number of rotatable bonds is 10. The Morgan fingerprint density at radius 2 is 1.82 bits per heavy atom. The fourth-order valence-corrected chi connectivity index (χ4v) is 4.37. The van der Waals surface area contributed by atoms with E-state index in [2.05, 4.69) is 32.7 Å². The standard InChI is InChI=1S/C26H30N6O.ClH/c27-12-4-13-30(25-11-14-31(26(25)33)17-22-5-2-1-3-6-22)19-24-16-29-20-32(24)18-23-9-7-21(15-28)8-10-23;/h1-3,5-10,16,20,25H,4,11-14,17-19,27H2;1H/t25-;/m0./s1. The number of hydrogen-bond acceptors (Lipinski definition) is 5. The summed E-state index contributed by atoms with van der Waals surface area (Å²) in [7, 11) is 0. The van der Waals surface area contributed by atoms with Gasteiger partial charge in [-0.3, -0.25) is 9.69 Å². The molecule has 2 heterocycles. The maximum absolute atomic E-state index is 13.3. The van der Waals surface area contributed by atoms with Gasteiger partial charge in [0.05, 0.1) is 29.7 Å². The molecule has 1 aromatic heterocycles. The van der Waals surface area contributed by atoms with Crippen molar-refractivity contribution in [2.45, 2.75) is 38.5 Å². The number of benzene rings is 2. The van der Waals surface area contributed by atoms with E-state index in [-0.39, 0.29) is 24.4 Å². The highest BCUT2D eigenvalue weighted by Crippen LogP contribution is 2.22. The van der Waals surface area contributed by atoms with Crippen molar-refractivity contribution in [2.75, 3.05) is 19.6 Å². The fraction of sp³-hybridized carbons (Fsp3) is 0.346. The van der Waals surface area contributed by atoms with Crippen LogP contribution in [0.25, 0.3) is 0 Å². The number of halogens is 1. The van der Waals surface area contributed by atoms with Crippen LogP contribution in [0, 0.1) is 11.3 Å². The molecule has 0 aliphatic carbocycles. The fourth-order valence-electron chi connectivity index (χ4n) is 4.37. The molecule has 7 nitrogen and oxygen atoms in total. The lowest BCUT2D eigenvalue weighted by molar-refractivity contribution is -0.132. The summed E-state index contributed by atoms with van der Waals surface area (Å²) in [4.78, 5) is 21.9. The Labute approximate surface area is 207 Å². The molecule has 1 aliphatic heterocycles. The number of carbonyl (C=O) groups is 1. The lowest BCUT2D eigenvalue weighted by Gasteiger charge is -2.28. The highest BCUT2D eigenvalue weighted by Gasteiger charge is 2.36. The average molecular weight is 479 g/mol. The Morgan fingerprint density at radius 3 is 2.53 bits per heavy atom. The zero-order valence-electron chi connectivity index (χ0n) is 19.2. The van der Waals surface area contributed by atoms with Gasteiger partial charge in [-0.15, -0.1) is 12.4 Å². The van der Waals surface area contributed by atoms with Gasteiger partial charge >= 0.3 is 0 Å². The number of carbonyl (C=O) groups excluding carboxylic acids is 1. The van der Waals surface area contributed by atoms with Crippen LogP contribution in [-0.2, 0) is 24.4 Å².